The molecule has 1 atom stereocenters. The second-order valence-corrected chi connectivity index (χ2v) is 6.32. The Bertz CT molecular complexity index is 1020. The molecule has 114 valence electrons. The van der Waals surface area contributed by atoms with Gasteiger partial charge in [-0.15, -0.1) is 0 Å². The molecule has 2 nitrogen and oxygen atoms in total. The molecule has 0 saturated heterocycles. The summed E-state index contributed by atoms with van der Waals surface area (Å²) in [6.45, 7) is 2.06. The molecule has 0 spiro atoms. The van der Waals surface area contributed by atoms with E-state index in [1.807, 2.05) is 42.5 Å². The first kappa shape index (κ1) is 14.0. The molecule has 0 saturated carbocycles. The number of hydrogen-bond donors (Lipinski definition) is 2. The van der Waals surface area contributed by atoms with Gasteiger partial charge in [0, 0.05) is 6.42 Å². The molecule has 3 aromatic carbocycles. The molecule has 0 amide bonds. The second kappa shape index (κ2) is 4.97. The van der Waals surface area contributed by atoms with Crippen LogP contribution in [0.15, 0.2) is 60.7 Å². The van der Waals surface area contributed by atoms with Crippen molar-refractivity contribution in [3.8, 4) is 5.75 Å². The molecular formula is C21H18O2. The van der Waals surface area contributed by atoms with Crippen LogP contribution in [0, 0.1) is 0 Å². The molecule has 0 aliphatic heterocycles. The van der Waals surface area contributed by atoms with Gasteiger partial charge < -0.3 is 10.2 Å². The average Bonchev–Trinajstić information content (AvgIpc) is 2.55. The quantitative estimate of drug-likeness (QED) is 0.726. The largest absolute Gasteiger partial charge is 0.508 e. The lowest BCUT2D eigenvalue weighted by Gasteiger charge is -2.29. The monoisotopic (exact) mass is 302 g/mol. The number of phenols is 1. The van der Waals surface area contributed by atoms with Gasteiger partial charge in [0.25, 0.3) is 0 Å². The number of phenolic OH excluding ortho intramolecular Hbond substituents is 1. The summed E-state index contributed by atoms with van der Waals surface area (Å²) in [6.07, 6.45) is 2.51. The number of fused-ring (bicyclic) bond motifs is 3. The highest BCUT2D eigenvalue weighted by Gasteiger charge is 2.29. The number of benzene rings is 3. The van der Waals surface area contributed by atoms with Crippen molar-refractivity contribution in [1.29, 1.82) is 0 Å². The van der Waals surface area contributed by atoms with Crippen molar-refractivity contribution in [2.24, 2.45) is 0 Å². The van der Waals surface area contributed by atoms with Crippen molar-refractivity contribution in [3.05, 3.63) is 76.7 Å². The zero-order valence-electron chi connectivity index (χ0n) is 13.0. The third-order valence-corrected chi connectivity index (χ3v) is 4.70. The van der Waals surface area contributed by atoms with E-state index in [9.17, 15) is 10.2 Å². The van der Waals surface area contributed by atoms with Crippen molar-refractivity contribution < 1.29 is 10.2 Å². The molecule has 23 heavy (non-hydrogen) atoms. The van der Waals surface area contributed by atoms with Gasteiger partial charge in [0.15, 0.2) is 0 Å². The van der Waals surface area contributed by atoms with Gasteiger partial charge in [0.1, 0.15) is 11.4 Å². The summed E-state index contributed by atoms with van der Waals surface area (Å²) in [4.78, 5) is 0. The van der Waals surface area contributed by atoms with Crippen molar-refractivity contribution in [3.63, 3.8) is 0 Å². The normalized spacial score (nSPS) is 20.2. The van der Waals surface area contributed by atoms with Crippen LogP contribution in [0.1, 0.15) is 18.9 Å². The Balaban J connectivity index is 2.10. The number of aromatic hydroxyl groups is 1. The SMILES string of the molecule is CC1=c2ccc3ccc(O)cc3c2=CC(O)(c2ccccc2)C1. The van der Waals surface area contributed by atoms with Gasteiger partial charge >= 0.3 is 0 Å². The third-order valence-electron chi connectivity index (χ3n) is 4.70. The standard InChI is InChI=1S/C21H18O2/c1-14-12-21(23,16-5-3-2-4-6-16)13-20-18(14)10-8-15-7-9-17(22)11-19(15)20/h2-11,13,22-23H,12H2,1H3. The van der Waals surface area contributed by atoms with E-state index in [-0.39, 0.29) is 5.75 Å². The van der Waals surface area contributed by atoms with Gasteiger partial charge in [0.2, 0.25) is 0 Å². The highest BCUT2D eigenvalue weighted by Crippen LogP contribution is 2.32. The van der Waals surface area contributed by atoms with Gasteiger partial charge in [0.05, 0.1) is 0 Å². The second-order valence-electron chi connectivity index (χ2n) is 6.32. The summed E-state index contributed by atoms with van der Waals surface area (Å²) in [5.74, 6) is 0.241. The minimum atomic E-state index is -1.02. The van der Waals surface area contributed by atoms with Gasteiger partial charge in [-0.1, -0.05) is 54.1 Å². The summed E-state index contributed by atoms with van der Waals surface area (Å²) in [5, 5.41) is 25.3. The van der Waals surface area contributed by atoms with E-state index in [0.717, 1.165) is 32.3 Å². The van der Waals surface area contributed by atoms with Crippen molar-refractivity contribution in [2.75, 3.05) is 0 Å². The van der Waals surface area contributed by atoms with Gasteiger partial charge in [-0.25, -0.2) is 0 Å². The van der Waals surface area contributed by atoms with Crippen LogP contribution >= 0.6 is 0 Å². The fourth-order valence-corrected chi connectivity index (χ4v) is 3.56. The molecule has 2 heteroatoms. The Hall–Kier alpha value is -2.58. The third kappa shape index (κ3) is 2.23. The molecule has 1 aliphatic rings. The van der Waals surface area contributed by atoms with Gasteiger partial charge in [-0.2, -0.15) is 0 Å². The van der Waals surface area contributed by atoms with E-state index < -0.39 is 5.60 Å². The van der Waals surface area contributed by atoms with Crippen LogP contribution in [0.3, 0.4) is 0 Å². The first-order valence-corrected chi connectivity index (χ1v) is 7.79. The highest BCUT2D eigenvalue weighted by molar-refractivity contribution is 5.86. The molecule has 0 heterocycles. The molecular weight excluding hydrogens is 284 g/mol. The van der Waals surface area contributed by atoms with Gasteiger partial charge in [-0.05, 0) is 51.9 Å². The smallest absolute Gasteiger partial charge is 0.116 e. The van der Waals surface area contributed by atoms with E-state index >= 15 is 0 Å². The predicted molar refractivity (Wildman–Crippen MR) is 93.4 cm³/mol. The summed E-state index contributed by atoms with van der Waals surface area (Å²) in [7, 11) is 0. The van der Waals surface area contributed by atoms with Crippen molar-refractivity contribution >= 4 is 22.4 Å². The first-order chi connectivity index (χ1) is 11.1. The van der Waals surface area contributed by atoms with E-state index in [2.05, 4.69) is 19.1 Å². The summed E-state index contributed by atoms with van der Waals surface area (Å²) in [6, 6.07) is 19.3. The molecule has 2 N–H and O–H groups in total. The van der Waals surface area contributed by atoms with E-state index in [0.29, 0.717) is 6.42 Å². The van der Waals surface area contributed by atoms with E-state index in [1.165, 1.54) is 0 Å². The summed E-state index contributed by atoms with van der Waals surface area (Å²) < 4.78 is 0. The minimum absolute atomic E-state index is 0.241. The fourth-order valence-electron chi connectivity index (χ4n) is 3.56. The predicted octanol–water partition coefficient (Wildman–Crippen LogP) is 2.79. The lowest BCUT2D eigenvalue weighted by Crippen LogP contribution is -2.39. The van der Waals surface area contributed by atoms with Crippen LogP contribution in [-0.2, 0) is 5.60 Å². The Morgan fingerprint density at radius 3 is 2.48 bits per heavy atom. The molecule has 4 rings (SSSR count). The lowest BCUT2D eigenvalue weighted by atomic mass is 9.81. The van der Waals surface area contributed by atoms with Crippen LogP contribution in [0.4, 0.5) is 0 Å². The Morgan fingerprint density at radius 1 is 0.957 bits per heavy atom. The molecule has 1 unspecified atom stereocenters. The van der Waals surface area contributed by atoms with Crippen LogP contribution in [-0.4, -0.2) is 10.2 Å². The maximum absolute atomic E-state index is 11.2. The minimum Gasteiger partial charge on any atom is -0.508 e. The molecule has 0 aromatic heterocycles. The lowest BCUT2D eigenvalue weighted by molar-refractivity contribution is 0.111. The number of hydrogen-bond acceptors (Lipinski definition) is 2. The zero-order valence-corrected chi connectivity index (χ0v) is 13.0. The van der Waals surface area contributed by atoms with Crippen LogP contribution in [0.5, 0.6) is 5.75 Å². The van der Waals surface area contributed by atoms with Crippen LogP contribution in [0.2, 0.25) is 0 Å². The highest BCUT2D eigenvalue weighted by atomic mass is 16.3. The zero-order chi connectivity index (χ0) is 16.0. The summed E-state index contributed by atoms with van der Waals surface area (Å²) in [5.41, 5.74) is 1.03. The molecule has 0 bridgehead atoms. The maximum Gasteiger partial charge on any atom is 0.116 e. The fraction of sp³-hybridized carbons (Fsp3) is 0.143. The average molecular weight is 302 g/mol. The molecule has 3 aromatic rings. The van der Waals surface area contributed by atoms with Crippen molar-refractivity contribution in [1.82, 2.24) is 0 Å². The maximum atomic E-state index is 11.2. The van der Waals surface area contributed by atoms with Gasteiger partial charge in [-0.3, -0.25) is 0 Å². The Labute approximate surface area is 134 Å². The van der Waals surface area contributed by atoms with E-state index in [4.69, 9.17) is 0 Å². The Morgan fingerprint density at radius 2 is 1.70 bits per heavy atom. The summed E-state index contributed by atoms with van der Waals surface area (Å²) >= 11 is 0. The van der Waals surface area contributed by atoms with Crippen LogP contribution in [0.25, 0.3) is 22.4 Å². The Kier molecular flexibility index (Phi) is 3.03. The molecule has 0 fully saturated rings. The van der Waals surface area contributed by atoms with E-state index in [1.54, 1.807) is 12.1 Å². The first-order valence-electron chi connectivity index (χ1n) is 7.79. The number of aliphatic hydroxyl groups is 1. The topological polar surface area (TPSA) is 40.5 Å². The van der Waals surface area contributed by atoms with Crippen molar-refractivity contribution in [2.45, 2.75) is 18.9 Å². The molecule has 0 radical (unpaired) electrons. The van der Waals surface area contributed by atoms with Crippen LogP contribution < -0.4 is 10.4 Å². The molecule has 1 aliphatic carbocycles. The number of rotatable bonds is 1.